The molecule has 2 amide bonds. The number of carbonyl (C=O) groups excluding carboxylic acids is 2. The van der Waals surface area contributed by atoms with Crippen LogP contribution in [0.1, 0.15) is 17.4 Å². The van der Waals surface area contributed by atoms with E-state index in [0.29, 0.717) is 21.4 Å². The van der Waals surface area contributed by atoms with Gasteiger partial charge in [-0.05, 0) is 42.5 Å². The highest BCUT2D eigenvalue weighted by Crippen LogP contribution is 2.26. The van der Waals surface area contributed by atoms with Gasteiger partial charge in [0.1, 0.15) is 0 Å². The highest BCUT2D eigenvalue weighted by Gasteiger charge is 2.12. The van der Waals surface area contributed by atoms with Gasteiger partial charge in [-0.1, -0.05) is 29.3 Å². The van der Waals surface area contributed by atoms with E-state index in [9.17, 15) is 9.59 Å². The number of rotatable bonds is 4. The van der Waals surface area contributed by atoms with E-state index in [-0.39, 0.29) is 17.5 Å². The van der Waals surface area contributed by atoms with Crippen LogP contribution in [-0.4, -0.2) is 21.6 Å². The van der Waals surface area contributed by atoms with Crippen LogP contribution in [0.5, 0.6) is 0 Å². The lowest BCUT2D eigenvalue weighted by Crippen LogP contribution is -2.14. The molecule has 1 heterocycles. The van der Waals surface area contributed by atoms with Gasteiger partial charge < -0.3 is 10.6 Å². The molecule has 132 valence electrons. The van der Waals surface area contributed by atoms with E-state index in [1.807, 2.05) is 6.07 Å². The Kier molecular flexibility index (Phi) is 5.25. The number of benzene rings is 2. The van der Waals surface area contributed by atoms with E-state index in [2.05, 4.69) is 15.7 Å². The molecule has 0 aliphatic carbocycles. The first-order chi connectivity index (χ1) is 12.4. The lowest BCUT2D eigenvalue weighted by Gasteiger charge is -2.09. The molecule has 0 radical (unpaired) electrons. The van der Waals surface area contributed by atoms with Crippen LogP contribution >= 0.6 is 23.2 Å². The molecule has 0 fully saturated rings. The molecule has 8 heteroatoms. The average molecular weight is 389 g/mol. The summed E-state index contributed by atoms with van der Waals surface area (Å²) in [5.74, 6) is -0.641. The number of carbonyl (C=O) groups is 2. The van der Waals surface area contributed by atoms with Crippen LogP contribution < -0.4 is 10.6 Å². The summed E-state index contributed by atoms with van der Waals surface area (Å²) < 4.78 is 1.56. The van der Waals surface area contributed by atoms with Gasteiger partial charge in [-0.15, -0.1) is 0 Å². The van der Waals surface area contributed by atoms with E-state index >= 15 is 0 Å². The molecule has 0 spiro atoms. The summed E-state index contributed by atoms with van der Waals surface area (Å²) in [5.41, 5.74) is 1.89. The van der Waals surface area contributed by atoms with Crippen molar-refractivity contribution in [2.75, 3.05) is 10.6 Å². The van der Waals surface area contributed by atoms with Gasteiger partial charge in [0.05, 0.1) is 16.4 Å². The van der Waals surface area contributed by atoms with Gasteiger partial charge in [0.25, 0.3) is 5.91 Å². The Balaban J connectivity index is 1.78. The molecule has 2 N–H and O–H groups in total. The maximum Gasteiger partial charge on any atom is 0.276 e. The van der Waals surface area contributed by atoms with Crippen molar-refractivity contribution in [1.82, 2.24) is 9.78 Å². The monoisotopic (exact) mass is 388 g/mol. The lowest BCUT2D eigenvalue weighted by atomic mass is 10.2. The summed E-state index contributed by atoms with van der Waals surface area (Å²) in [4.78, 5) is 23.6. The zero-order valence-corrected chi connectivity index (χ0v) is 15.2. The fourth-order valence-corrected chi connectivity index (χ4v) is 2.64. The second kappa shape index (κ2) is 7.59. The van der Waals surface area contributed by atoms with Crippen molar-refractivity contribution in [3.05, 3.63) is 70.5 Å². The second-order valence-electron chi connectivity index (χ2n) is 5.46. The summed E-state index contributed by atoms with van der Waals surface area (Å²) in [6, 6.07) is 13.5. The molecule has 0 bridgehead atoms. The minimum absolute atomic E-state index is 0.237. The Labute approximate surface area is 159 Å². The fraction of sp³-hybridized carbons (Fsp3) is 0.0556. The Hall–Kier alpha value is -2.83. The van der Waals surface area contributed by atoms with Gasteiger partial charge in [-0.2, -0.15) is 5.10 Å². The van der Waals surface area contributed by atoms with Gasteiger partial charge in [0.2, 0.25) is 5.91 Å². The fourth-order valence-electron chi connectivity index (χ4n) is 2.29. The minimum Gasteiger partial charge on any atom is -0.325 e. The smallest absolute Gasteiger partial charge is 0.276 e. The van der Waals surface area contributed by atoms with Gasteiger partial charge in [-0.3, -0.25) is 9.59 Å². The lowest BCUT2D eigenvalue weighted by molar-refractivity contribution is -0.114. The van der Waals surface area contributed by atoms with Crippen molar-refractivity contribution >= 4 is 46.4 Å². The molecule has 6 nitrogen and oxygen atoms in total. The van der Waals surface area contributed by atoms with Crippen LogP contribution in [0.2, 0.25) is 10.0 Å². The molecule has 0 atom stereocenters. The highest BCUT2D eigenvalue weighted by atomic mass is 35.5. The quantitative estimate of drug-likeness (QED) is 0.695. The topological polar surface area (TPSA) is 76.0 Å². The number of hydrogen-bond donors (Lipinski definition) is 2. The molecule has 0 aliphatic heterocycles. The number of hydrogen-bond acceptors (Lipinski definition) is 3. The van der Waals surface area contributed by atoms with Gasteiger partial charge in [0.15, 0.2) is 5.69 Å². The Morgan fingerprint density at radius 3 is 2.58 bits per heavy atom. The zero-order chi connectivity index (χ0) is 18.7. The SMILES string of the molecule is CC(=O)Nc1cc(NC(=O)c2ccn(-c3cccc(Cl)c3)n2)ccc1Cl. The number of anilines is 2. The number of nitrogens with zero attached hydrogens (tertiary/aromatic N) is 2. The van der Waals surface area contributed by atoms with Crippen molar-refractivity contribution in [2.24, 2.45) is 0 Å². The third-order valence-electron chi connectivity index (χ3n) is 3.43. The van der Waals surface area contributed by atoms with Gasteiger partial charge in [0, 0.05) is 23.8 Å². The molecule has 1 aromatic heterocycles. The second-order valence-corrected chi connectivity index (χ2v) is 6.30. The van der Waals surface area contributed by atoms with Gasteiger partial charge in [-0.25, -0.2) is 4.68 Å². The third-order valence-corrected chi connectivity index (χ3v) is 3.99. The van der Waals surface area contributed by atoms with E-state index in [4.69, 9.17) is 23.2 Å². The molecule has 3 aromatic rings. The van der Waals surface area contributed by atoms with E-state index in [0.717, 1.165) is 5.69 Å². The van der Waals surface area contributed by atoms with Crippen molar-refractivity contribution in [2.45, 2.75) is 6.92 Å². The first-order valence-electron chi connectivity index (χ1n) is 7.62. The molecule has 3 rings (SSSR count). The number of halogens is 2. The van der Waals surface area contributed by atoms with Crippen molar-refractivity contribution in [3.63, 3.8) is 0 Å². The molecule has 26 heavy (non-hydrogen) atoms. The van der Waals surface area contributed by atoms with Crippen LogP contribution in [0.4, 0.5) is 11.4 Å². The standard InChI is InChI=1S/C18H14Cl2N4O2/c1-11(25)21-17-10-13(5-6-15(17)20)22-18(26)16-7-8-24(23-16)14-4-2-3-12(19)9-14/h2-10H,1H3,(H,21,25)(H,22,26). The molecule has 0 aliphatic rings. The van der Waals surface area contributed by atoms with Crippen molar-refractivity contribution in [3.8, 4) is 5.69 Å². The van der Waals surface area contributed by atoms with Crippen LogP contribution in [0.15, 0.2) is 54.7 Å². The minimum atomic E-state index is -0.387. The largest absolute Gasteiger partial charge is 0.325 e. The number of amides is 2. The van der Waals surface area contributed by atoms with Gasteiger partial charge >= 0.3 is 0 Å². The van der Waals surface area contributed by atoms with Crippen molar-refractivity contribution < 1.29 is 9.59 Å². The highest BCUT2D eigenvalue weighted by molar-refractivity contribution is 6.33. The molecular weight excluding hydrogens is 375 g/mol. The first-order valence-corrected chi connectivity index (χ1v) is 8.38. The normalized spacial score (nSPS) is 10.4. The average Bonchev–Trinajstić information content (AvgIpc) is 3.08. The third kappa shape index (κ3) is 4.22. The molecule has 2 aromatic carbocycles. The first kappa shape index (κ1) is 18.0. The Bertz CT molecular complexity index is 985. The Morgan fingerprint density at radius 1 is 1.04 bits per heavy atom. The van der Waals surface area contributed by atoms with E-state index in [1.54, 1.807) is 53.3 Å². The predicted molar refractivity (Wildman–Crippen MR) is 102 cm³/mol. The molecule has 0 saturated carbocycles. The van der Waals surface area contributed by atoms with Crippen LogP contribution in [-0.2, 0) is 4.79 Å². The van der Waals surface area contributed by atoms with Crippen LogP contribution in [0.3, 0.4) is 0 Å². The Morgan fingerprint density at radius 2 is 1.85 bits per heavy atom. The summed E-state index contributed by atoms with van der Waals surface area (Å²) in [5, 5.41) is 10.5. The maximum absolute atomic E-state index is 12.4. The van der Waals surface area contributed by atoms with Crippen LogP contribution in [0, 0.1) is 0 Å². The zero-order valence-electron chi connectivity index (χ0n) is 13.7. The van der Waals surface area contributed by atoms with Crippen molar-refractivity contribution in [1.29, 1.82) is 0 Å². The summed E-state index contributed by atoms with van der Waals surface area (Å²) in [6.07, 6.45) is 1.67. The molecule has 0 unspecified atom stereocenters. The molecule has 0 saturated heterocycles. The van der Waals surface area contributed by atoms with Crippen LogP contribution in [0.25, 0.3) is 5.69 Å². The molecular formula is C18H14Cl2N4O2. The number of aromatic nitrogens is 2. The predicted octanol–water partition coefficient (Wildman–Crippen LogP) is 4.39. The number of nitrogens with one attached hydrogen (secondary N) is 2. The maximum atomic E-state index is 12.4. The summed E-state index contributed by atoms with van der Waals surface area (Å²) in [7, 11) is 0. The van der Waals surface area contributed by atoms with E-state index < -0.39 is 0 Å². The van der Waals surface area contributed by atoms with E-state index in [1.165, 1.54) is 6.92 Å². The summed E-state index contributed by atoms with van der Waals surface area (Å²) >= 11 is 12.0. The summed E-state index contributed by atoms with van der Waals surface area (Å²) in [6.45, 7) is 1.38.